The van der Waals surface area contributed by atoms with Crippen LogP contribution in [-0.4, -0.2) is 47.5 Å². The molecular formula is C22H30N6O3S. The Bertz CT molecular complexity index is 984. The molecule has 0 aliphatic heterocycles. The van der Waals surface area contributed by atoms with Crippen molar-refractivity contribution in [3.8, 4) is 0 Å². The smallest absolute Gasteiger partial charge is 0.324 e. The summed E-state index contributed by atoms with van der Waals surface area (Å²) in [7, 11) is 4.07. The van der Waals surface area contributed by atoms with Gasteiger partial charge in [-0.2, -0.15) is 4.98 Å². The molecule has 2 aromatic rings. The Morgan fingerprint density at radius 1 is 1.19 bits per heavy atom. The molecule has 1 saturated carbocycles. The fraction of sp³-hybridized carbons (Fsp3) is 0.591. The quantitative estimate of drug-likeness (QED) is 0.479. The Labute approximate surface area is 191 Å². The van der Waals surface area contributed by atoms with Crippen LogP contribution >= 0.6 is 11.3 Å². The molecule has 1 amide bonds. The first kappa shape index (κ1) is 22.4. The van der Waals surface area contributed by atoms with Gasteiger partial charge in [-0.1, -0.05) is 11.3 Å². The number of hydrogen-bond donors (Lipinski definition) is 2. The fourth-order valence-electron chi connectivity index (χ4n) is 4.57. The van der Waals surface area contributed by atoms with Crippen LogP contribution in [0.5, 0.6) is 0 Å². The van der Waals surface area contributed by atoms with Gasteiger partial charge in [0.25, 0.3) is 5.91 Å². The highest BCUT2D eigenvalue weighted by molar-refractivity contribution is 7.17. The van der Waals surface area contributed by atoms with Crippen molar-refractivity contribution in [2.45, 2.75) is 57.4 Å². The van der Waals surface area contributed by atoms with Gasteiger partial charge in [-0.05, 0) is 63.4 Å². The van der Waals surface area contributed by atoms with Crippen molar-refractivity contribution in [2.24, 2.45) is 5.92 Å². The average molecular weight is 459 g/mol. The second-order valence-corrected chi connectivity index (χ2v) is 9.93. The lowest BCUT2D eigenvalue weighted by Gasteiger charge is -2.30. The number of carbonyl (C=O) groups is 1. The number of nitrogens with zero attached hydrogens (tertiary/aromatic N) is 4. The van der Waals surface area contributed by atoms with Gasteiger partial charge in [-0.3, -0.25) is 14.9 Å². The van der Waals surface area contributed by atoms with E-state index in [0.29, 0.717) is 23.4 Å². The molecule has 10 heteroatoms. The number of aryl methyl sites for hydroxylation is 1. The van der Waals surface area contributed by atoms with Gasteiger partial charge in [0.1, 0.15) is 5.82 Å². The molecular weight excluding hydrogens is 428 g/mol. The lowest BCUT2D eigenvalue weighted by Crippen LogP contribution is -2.34. The van der Waals surface area contributed by atoms with Crippen molar-refractivity contribution in [1.82, 2.24) is 15.3 Å². The molecule has 0 spiro atoms. The molecule has 172 valence electrons. The Morgan fingerprint density at radius 2 is 1.94 bits per heavy atom. The van der Waals surface area contributed by atoms with Crippen LogP contribution in [0.4, 0.5) is 16.8 Å². The molecule has 0 bridgehead atoms. The molecule has 0 atom stereocenters. The first-order valence-electron chi connectivity index (χ1n) is 11.3. The van der Waals surface area contributed by atoms with Crippen LogP contribution in [0, 0.1) is 16.0 Å². The van der Waals surface area contributed by atoms with Gasteiger partial charge in [0.2, 0.25) is 5.95 Å². The number of hydrogen-bond acceptors (Lipinski definition) is 8. The maximum atomic E-state index is 12.3. The number of aromatic nitrogens is 2. The van der Waals surface area contributed by atoms with Gasteiger partial charge in [-0.25, -0.2) is 4.98 Å². The lowest BCUT2D eigenvalue weighted by molar-refractivity contribution is -0.380. The molecule has 4 rings (SSSR count). The van der Waals surface area contributed by atoms with Crippen molar-refractivity contribution in [1.29, 1.82) is 0 Å². The zero-order valence-electron chi connectivity index (χ0n) is 18.6. The van der Waals surface area contributed by atoms with Crippen molar-refractivity contribution >= 4 is 34.0 Å². The Hall–Kier alpha value is -2.75. The van der Waals surface area contributed by atoms with E-state index >= 15 is 0 Å². The second kappa shape index (κ2) is 9.81. The summed E-state index contributed by atoms with van der Waals surface area (Å²) in [5, 5.41) is 17.3. The van der Waals surface area contributed by atoms with Crippen LogP contribution in [0.15, 0.2) is 12.1 Å². The fourth-order valence-corrected chi connectivity index (χ4v) is 5.31. The third kappa shape index (κ3) is 5.17. The molecule has 2 N–H and O–H groups in total. The number of nitro groups is 1. The van der Waals surface area contributed by atoms with Gasteiger partial charge in [0.15, 0.2) is 0 Å². The van der Waals surface area contributed by atoms with Gasteiger partial charge in [-0.15, -0.1) is 0 Å². The van der Waals surface area contributed by atoms with Crippen LogP contribution in [0.1, 0.15) is 59.5 Å². The zero-order valence-corrected chi connectivity index (χ0v) is 19.4. The van der Waals surface area contributed by atoms with Gasteiger partial charge >= 0.3 is 5.00 Å². The topological polar surface area (TPSA) is 113 Å². The molecule has 1 fully saturated rings. The van der Waals surface area contributed by atoms with Gasteiger partial charge in [0.05, 0.1) is 15.5 Å². The highest BCUT2D eigenvalue weighted by Crippen LogP contribution is 2.30. The molecule has 2 heterocycles. The highest BCUT2D eigenvalue weighted by Gasteiger charge is 2.25. The number of rotatable bonds is 7. The van der Waals surface area contributed by atoms with E-state index in [1.807, 2.05) is 14.1 Å². The second-order valence-electron chi connectivity index (χ2n) is 8.86. The SMILES string of the molecule is CN(C)c1nc(N[C@H]2CC[C@@H](CNC(=O)c3ccc([N+](=O)[O-])s3)CC2)nc2c1CCCC2. The normalized spacial score (nSPS) is 20.3. The molecule has 2 aliphatic rings. The number of carbonyl (C=O) groups excluding carboxylic acids is 1. The Kier molecular flexibility index (Phi) is 6.88. The van der Waals surface area contributed by atoms with Crippen molar-refractivity contribution in [3.63, 3.8) is 0 Å². The van der Waals surface area contributed by atoms with E-state index in [0.717, 1.165) is 61.6 Å². The summed E-state index contributed by atoms with van der Waals surface area (Å²) in [4.78, 5) is 34.7. The minimum Gasteiger partial charge on any atom is -0.362 e. The maximum absolute atomic E-state index is 12.3. The Morgan fingerprint density at radius 3 is 2.62 bits per heavy atom. The summed E-state index contributed by atoms with van der Waals surface area (Å²) < 4.78 is 0. The third-order valence-electron chi connectivity index (χ3n) is 6.31. The van der Waals surface area contributed by atoms with Gasteiger partial charge in [0, 0.05) is 38.3 Å². The standard InChI is InChI=1S/C22H30N6O3S/c1-27(2)20-16-5-3-4-6-17(16)25-22(26-20)24-15-9-7-14(8-10-15)13-23-21(29)18-11-12-19(32-18)28(30)31/h11-12,14-15H,3-10,13H2,1-2H3,(H,23,29)(H,24,25,26)/t14-,15+. The Balaban J connectivity index is 1.28. The van der Waals surface area contributed by atoms with Crippen LogP contribution in [0.3, 0.4) is 0 Å². The first-order valence-corrected chi connectivity index (χ1v) is 12.1. The molecule has 0 saturated heterocycles. The van der Waals surface area contributed by atoms with Crippen molar-refractivity contribution in [2.75, 3.05) is 30.9 Å². The van der Waals surface area contributed by atoms with Crippen LogP contribution in [0.2, 0.25) is 0 Å². The van der Waals surface area contributed by atoms with E-state index in [1.54, 1.807) is 0 Å². The van der Waals surface area contributed by atoms with Crippen LogP contribution in [-0.2, 0) is 12.8 Å². The van der Waals surface area contributed by atoms with Crippen molar-refractivity contribution < 1.29 is 9.72 Å². The summed E-state index contributed by atoms with van der Waals surface area (Å²) in [6, 6.07) is 3.22. The van der Waals surface area contributed by atoms with Crippen LogP contribution in [0.25, 0.3) is 0 Å². The van der Waals surface area contributed by atoms with E-state index in [1.165, 1.54) is 36.2 Å². The molecule has 32 heavy (non-hydrogen) atoms. The molecule has 0 radical (unpaired) electrons. The van der Waals surface area contributed by atoms with Crippen molar-refractivity contribution in [3.05, 3.63) is 38.4 Å². The minimum atomic E-state index is -0.469. The lowest BCUT2D eigenvalue weighted by atomic mass is 9.86. The summed E-state index contributed by atoms with van der Waals surface area (Å²) in [5.74, 6) is 1.93. The van der Waals surface area contributed by atoms with E-state index < -0.39 is 4.92 Å². The van der Waals surface area contributed by atoms with E-state index in [2.05, 4.69) is 15.5 Å². The average Bonchev–Trinajstić information content (AvgIpc) is 3.29. The first-order chi connectivity index (χ1) is 15.4. The largest absolute Gasteiger partial charge is 0.362 e. The maximum Gasteiger partial charge on any atom is 0.324 e. The zero-order chi connectivity index (χ0) is 22.7. The number of thiophene rings is 1. The third-order valence-corrected chi connectivity index (χ3v) is 7.35. The number of fused-ring (bicyclic) bond motifs is 1. The molecule has 2 aliphatic carbocycles. The summed E-state index contributed by atoms with van der Waals surface area (Å²) in [6.07, 6.45) is 8.49. The molecule has 0 aromatic carbocycles. The number of anilines is 2. The number of amides is 1. The molecule has 9 nitrogen and oxygen atoms in total. The molecule has 0 unspecified atom stereocenters. The number of nitrogens with one attached hydrogen (secondary N) is 2. The monoisotopic (exact) mass is 458 g/mol. The predicted molar refractivity (Wildman–Crippen MR) is 126 cm³/mol. The summed E-state index contributed by atoms with van der Waals surface area (Å²) >= 11 is 0.912. The van der Waals surface area contributed by atoms with E-state index in [9.17, 15) is 14.9 Å². The van der Waals surface area contributed by atoms with Gasteiger partial charge < -0.3 is 15.5 Å². The highest BCUT2D eigenvalue weighted by atomic mass is 32.1. The summed E-state index contributed by atoms with van der Waals surface area (Å²) in [6.45, 7) is 0.595. The van der Waals surface area contributed by atoms with E-state index in [4.69, 9.17) is 9.97 Å². The van der Waals surface area contributed by atoms with Crippen LogP contribution < -0.4 is 15.5 Å². The summed E-state index contributed by atoms with van der Waals surface area (Å²) in [5.41, 5.74) is 2.48. The predicted octanol–water partition coefficient (Wildman–Crippen LogP) is 3.79. The molecule has 2 aromatic heterocycles. The van der Waals surface area contributed by atoms with E-state index in [-0.39, 0.29) is 10.9 Å². The minimum absolute atomic E-state index is 0.0106.